The number of piperidine rings is 1. The average Bonchev–Trinajstić information content (AvgIpc) is 2.30. The van der Waals surface area contributed by atoms with Crippen molar-refractivity contribution in [2.45, 2.75) is 12.8 Å². The molecule has 1 saturated heterocycles. The van der Waals surface area contributed by atoms with E-state index in [-0.39, 0.29) is 0 Å². The third-order valence-corrected chi connectivity index (χ3v) is 4.20. The molecule has 1 heterocycles. The number of nitrogens with one attached hydrogen (secondary N) is 1. The van der Waals surface area contributed by atoms with Gasteiger partial charge in [-0.1, -0.05) is 30.3 Å². The molecule has 1 N–H and O–H groups in total. The molecular formula is C13H17NO2S. The Morgan fingerprint density at radius 3 is 2.24 bits per heavy atom. The molecule has 4 heteroatoms. The topological polar surface area (TPSA) is 46.2 Å². The van der Waals surface area contributed by atoms with Crippen LogP contribution in [-0.4, -0.2) is 27.8 Å². The quantitative estimate of drug-likeness (QED) is 0.872. The maximum absolute atomic E-state index is 12.0. The third kappa shape index (κ3) is 2.96. The summed E-state index contributed by atoms with van der Waals surface area (Å²) in [4.78, 5) is 0.527. The molecule has 0 radical (unpaired) electrons. The fraction of sp³-hybridized carbons (Fsp3) is 0.385. The molecule has 1 aromatic rings. The van der Waals surface area contributed by atoms with Crippen molar-refractivity contribution in [2.24, 2.45) is 0 Å². The van der Waals surface area contributed by atoms with Gasteiger partial charge in [0.2, 0.25) is 0 Å². The van der Waals surface area contributed by atoms with Gasteiger partial charge in [-0.05, 0) is 37.1 Å². The molecule has 92 valence electrons. The van der Waals surface area contributed by atoms with Gasteiger partial charge in [0, 0.05) is 6.26 Å². The van der Waals surface area contributed by atoms with E-state index in [1.807, 2.05) is 30.3 Å². The van der Waals surface area contributed by atoms with Crippen molar-refractivity contribution in [2.75, 3.05) is 19.3 Å². The van der Waals surface area contributed by atoms with Crippen LogP contribution in [0.2, 0.25) is 0 Å². The molecule has 0 atom stereocenters. The standard InChI is InChI=1S/C13H17NO2S/c1-17(15,16)13(11-5-3-2-4-6-11)12-7-9-14-10-8-12/h2-6,14H,7-10H2,1H3. The van der Waals surface area contributed by atoms with E-state index in [4.69, 9.17) is 0 Å². The summed E-state index contributed by atoms with van der Waals surface area (Å²) in [5, 5.41) is 3.24. The Bertz CT molecular complexity index is 510. The first kappa shape index (κ1) is 12.3. The number of rotatable bonds is 2. The summed E-state index contributed by atoms with van der Waals surface area (Å²) in [6, 6.07) is 9.39. The van der Waals surface area contributed by atoms with E-state index in [9.17, 15) is 8.42 Å². The predicted octanol–water partition coefficient (Wildman–Crippen LogP) is 1.83. The second kappa shape index (κ2) is 5.02. The minimum atomic E-state index is -3.17. The normalized spacial score (nSPS) is 16.9. The highest BCUT2D eigenvalue weighted by Gasteiger charge is 2.20. The Morgan fingerprint density at radius 2 is 1.71 bits per heavy atom. The molecule has 0 aromatic heterocycles. The van der Waals surface area contributed by atoms with Crippen LogP contribution < -0.4 is 5.32 Å². The summed E-state index contributed by atoms with van der Waals surface area (Å²) in [6.07, 6.45) is 2.93. The van der Waals surface area contributed by atoms with Crippen molar-refractivity contribution >= 4 is 14.7 Å². The van der Waals surface area contributed by atoms with Gasteiger partial charge in [0.25, 0.3) is 0 Å². The lowest BCUT2D eigenvalue weighted by Gasteiger charge is -2.19. The molecule has 0 unspecified atom stereocenters. The van der Waals surface area contributed by atoms with Crippen LogP contribution in [0.25, 0.3) is 4.91 Å². The Balaban J connectivity index is 2.53. The highest BCUT2D eigenvalue weighted by atomic mass is 32.2. The first-order valence-electron chi connectivity index (χ1n) is 5.77. The van der Waals surface area contributed by atoms with Crippen LogP contribution in [0.15, 0.2) is 35.9 Å². The Kier molecular flexibility index (Phi) is 3.64. The van der Waals surface area contributed by atoms with E-state index in [0.717, 1.165) is 37.1 Å². The number of sulfone groups is 1. The molecule has 17 heavy (non-hydrogen) atoms. The van der Waals surface area contributed by atoms with E-state index < -0.39 is 9.84 Å². The maximum Gasteiger partial charge on any atom is 0.176 e. The summed E-state index contributed by atoms with van der Waals surface area (Å²) in [5.74, 6) is 0. The predicted molar refractivity (Wildman–Crippen MR) is 70.3 cm³/mol. The van der Waals surface area contributed by atoms with E-state index in [2.05, 4.69) is 5.32 Å². The zero-order valence-electron chi connectivity index (χ0n) is 9.94. The molecule has 1 aliphatic rings. The first-order valence-corrected chi connectivity index (χ1v) is 7.66. The highest BCUT2D eigenvalue weighted by Crippen LogP contribution is 2.28. The van der Waals surface area contributed by atoms with Crippen molar-refractivity contribution in [3.8, 4) is 0 Å². The first-order chi connectivity index (χ1) is 8.09. The number of benzene rings is 1. The lowest BCUT2D eigenvalue weighted by molar-refractivity contribution is 0.603. The van der Waals surface area contributed by atoms with Crippen LogP contribution in [0.3, 0.4) is 0 Å². The number of hydrogen-bond acceptors (Lipinski definition) is 3. The van der Waals surface area contributed by atoms with Gasteiger partial charge in [-0.2, -0.15) is 0 Å². The molecule has 3 nitrogen and oxygen atoms in total. The molecule has 1 fully saturated rings. The van der Waals surface area contributed by atoms with Gasteiger partial charge in [-0.3, -0.25) is 0 Å². The largest absolute Gasteiger partial charge is 0.316 e. The van der Waals surface area contributed by atoms with E-state index in [1.165, 1.54) is 6.26 Å². The van der Waals surface area contributed by atoms with Gasteiger partial charge in [-0.25, -0.2) is 8.42 Å². The van der Waals surface area contributed by atoms with Gasteiger partial charge in [0.15, 0.2) is 9.84 Å². The van der Waals surface area contributed by atoms with Crippen molar-refractivity contribution in [3.05, 3.63) is 41.5 Å². The van der Waals surface area contributed by atoms with Crippen LogP contribution in [0.4, 0.5) is 0 Å². The highest BCUT2D eigenvalue weighted by molar-refractivity contribution is 8.00. The van der Waals surface area contributed by atoms with Crippen LogP contribution >= 0.6 is 0 Å². The Labute approximate surface area is 102 Å². The lowest BCUT2D eigenvalue weighted by Crippen LogP contribution is -2.24. The zero-order valence-corrected chi connectivity index (χ0v) is 10.8. The van der Waals surface area contributed by atoms with E-state index in [1.54, 1.807) is 0 Å². The SMILES string of the molecule is CS(=O)(=O)C(=C1CCNCC1)c1ccccc1. The average molecular weight is 251 g/mol. The molecule has 0 amide bonds. The summed E-state index contributed by atoms with van der Waals surface area (Å²) in [6.45, 7) is 1.72. The smallest absolute Gasteiger partial charge is 0.176 e. The van der Waals surface area contributed by atoms with Gasteiger partial charge in [0.05, 0.1) is 4.91 Å². The fourth-order valence-corrected chi connectivity index (χ4v) is 3.52. The molecule has 0 saturated carbocycles. The minimum Gasteiger partial charge on any atom is -0.316 e. The Morgan fingerprint density at radius 1 is 1.12 bits per heavy atom. The van der Waals surface area contributed by atoms with Crippen molar-refractivity contribution in [1.82, 2.24) is 5.32 Å². The van der Waals surface area contributed by atoms with Crippen molar-refractivity contribution < 1.29 is 8.42 Å². The van der Waals surface area contributed by atoms with Crippen LogP contribution in [0, 0.1) is 0 Å². The summed E-state index contributed by atoms with van der Waals surface area (Å²) >= 11 is 0. The molecule has 1 aromatic carbocycles. The summed E-state index contributed by atoms with van der Waals surface area (Å²) < 4.78 is 23.9. The zero-order chi connectivity index (χ0) is 12.3. The molecular weight excluding hydrogens is 234 g/mol. The molecule has 1 aliphatic heterocycles. The monoisotopic (exact) mass is 251 g/mol. The molecule has 2 rings (SSSR count). The van der Waals surface area contributed by atoms with Crippen LogP contribution in [-0.2, 0) is 9.84 Å². The third-order valence-electron chi connectivity index (χ3n) is 2.93. The molecule has 0 bridgehead atoms. The molecule has 0 aliphatic carbocycles. The Hall–Kier alpha value is -1.13. The van der Waals surface area contributed by atoms with E-state index >= 15 is 0 Å². The van der Waals surface area contributed by atoms with Gasteiger partial charge in [0.1, 0.15) is 0 Å². The van der Waals surface area contributed by atoms with Gasteiger partial charge >= 0.3 is 0 Å². The van der Waals surface area contributed by atoms with Crippen molar-refractivity contribution in [3.63, 3.8) is 0 Å². The fourth-order valence-electron chi connectivity index (χ4n) is 2.23. The molecule has 0 spiro atoms. The van der Waals surface area contributed by atoms with Gasteiger partial charge < -0.3 is 5.32 Å². The minimum absolute atomic E-state index is 0.527. The van der Waals surface area contributed by atoms with E-state index in [0.29, 0.717) is 4.91 Å². The lowest BCUT2D eigenvalue weighted by atomic mass is 10.0. The van der Waals surface area contributed by atoms with Gasteiger partial charge in [-0.15, -0.1) is 0 Å². The number of hydrogen-bond donors (Lipinski definition) is 1. The second-order valence-corrected chi connectivity index (χ2v) is 6.27. The van der Waals surface area contributed by atoms with Crippen molar-refractivity contribution in [1.29, 1.82) is 0 Å². The summed E-state index contributed by atoms with van der Waals surface area (Å²) in [7, 11) is -3.17. The maximum atomic E-state index is 12.0. The van der Waals surface area contributed by atoms with Crippen LogP contribution in [0.5, 0.6) is 0 Å². The second-order valence-electron chi connectivity index (χ2n) is 4.32. The van der Waals surface area contributed by atoms with Crippen LogP contribution in [0.1, 0.15) is 18.4 Å². The summed E-state index contributed by atoms with van der Waals surface area (Å²) in [5.41, 5.74) is 1.87.